The maximum Gasteiger partial charge on any atom is 0.251 e. The molecule has 0 spiro atoms. The Morgan fingerprint density at radius 2 is 1.90 bits per heavy atom. The number of imidazole rings is 1. The lowest BCUT2D eigenvalue weighted by Gasteiger charge is -2.09. The van der Waals surface area contributed by atoms with Crippen LogP contribution in [0.25, 0.3) is 11.0 Å². The molecule has 0 saturated heterocycles. The Morgan fingerprint density at radius 3 is 2.72 bits per heavy atom. The van der Waals surface area contributed by atoms with Gasteiger partial charge in [0.2, 0.25) is 0 Å². The molecular formula is C23H17FN4O. The van der Waals surface area contributed by atoms with Gasteiger partial charge in [0.15, 0.2) is 0 Å². The van der Waals surface area contributed by atoms with Crippen molar-refractivity contribution in [2.45, 2.75) is 13.1 Å². The van der Waals surface area contributed by atoms with Crippen LogP contribution in [0, 0.1) is 17.1 Å². The van der Waals surface area contributed by atoms with Gasteiger partial charge < -0.3 is 9.88 Å². The minimum Gasteiger partial charge on any atom is -0.348 e. The molecule has 1 heterocycles. The van der Waals surface area contributed by atoms with Crippen molar-refractivity contribution in [1.29, 1.82) is 5.26 Å². The normalized spacial score (nSPS) is 10.6. The molecule has 0 saturated carbocycles. The zero-order valence-corrected chi connectivity index (χ0v) is 15.5. The number of hydrogen-bond donors (Lipinski definition) is 1. The Kier molecular flexibility index (Phi) is 5.04. The number of nitriles is 1. The molecule has 5 nitrogen and oxygen atoms in total. The largest absolute Gasteiger partial charge is 0.348 e. The second kappa shape index (κ2) is 7.95. The third kappa shape index (κ3) is 3.99. The highest BCUT2D eigenvalue weighted by atomic mass is 19.1. The van der Waals surface area contributed by atoms with Crippen molar-refractivity contribution in [2.75, 3.05) is 0 Å². The summed E-state index contributed by atoms with van der Waals surface area (Å²) in [5, 5.41) is 11.6. The van der Waals surface area contributed by atoms with Gasteiger partial charge >= 0.3 is 0 Å². The third-order valence-corrected chi connectivity index (χ3v) is 4.68. The molecule has 142 valence electrons. The van der Waals surface area contributed by atoms with E-state index in [1.165, 1.54) is 12.1 Å². The molecule has 6 heteroatoms. The van der Waals surface area contributed by atoms with E-state index in [4.69, 9.17) is 5.26 Å². The zero-order chi connectivity index (χ0) is 20.2. The fourth-order valence-corrected chi connectivity index (χ4v) is 3.20. The van der Waals surface area contributed by atoms with E-state index in [-0.39, 0.29) is 17.0 Å². The number of para-hydroxylation sites is 2. The van der Waals surface area contributed by atoms with Gasteiger partial charge in [0.05, 0.1) is 22.9 Å². The molecule has 29 heavy (non-hydrogen) atoms. The molecule has 0 atom stereocenters. The molecule has 0 aliphatic carbocycles. The molecule has 3 aromatic carbocycles. The summed E-state index contributed by atoms with van der Waals surface area (Å²) in [5.74, 6) is -1.09. The number of halogens is 1. The first kappa shape index (κ1) is 18.4. The summed E-state index contributed by atoms with van der Waals surface area (Å²) in [6, 6.07) is 21.4. The van der Waals surface area contributed by atoms with E-state index in [0.29, 0.717) is 13.1 Å². The fourth-order valence-electron chi connectivity index (χ4n) is 3.20. The van der Waals surface area contributed by atoms with Gasteiger partial charge in [-0.25, -0.2) is 9.37 Å². The van der Waals surface area contributed by atoms with E-state index in [9.17, 15) is 9.18 Å². The molecular weight excluding hydrogens is 367 g/mol. The van der Waals surface area contributed by atoms with Crippen molar-refractivity contribution in [2.24, 2.45) is 0 Å². The Labute approximate surface area is 167 Å². The van der Waals surface area contributed by atoms with Gasteiger partial charge in [-0.05, 0) is 41.5 Å². The van der Waals surface area contributed by atoms with Gasteiger partial charge in [-0.2, -0.15) is 5.26 Å². The summed E-state index contributed by atoms with van der Waals surface area (Å²) in [6.07, 6.45) is 1.82. The van der Waals surface area contributed by atoms with Gasteiger partial charge in [-0.1, -0.05) is 36.4 Å². The minimum absolute atomic E-state index is 0.0822. The van der Waals surface area contributed by atoms with Crippen molar-refractivity contribution >= 4 is 16.9 Å². The smallest absolute Gasteiger partial charge is 0.251 e. The molecule has 0 bridgehead atoms. The molecule has 1 aromatic heterocycles. The number of amides is 1. The average Bonchev–Trinajstić information content (AvgIpc) is 3.15. The Morgan fingerprint density at radius 1 is 1.07 bits per heavy atom. The highest BCUT2D eigenvalue weighted by Gasteiger charge is 2.10. The first-order valence-corrected chi connectivity index (χ1v) is 9.09. The summed E-state index contributed by atoms with van der Waals surface area (Å²) in [7, 11) is 0. The summed E-state index contributed by atoms with van der Waals surface area (Å²) < 4.78 is 15.8. The molecule has 0 aliphatic rings. The first-order chi connectivity index (χ1) is 14.1. The maximum atomic E-state index is 13.7. The van der Waals surface area contributed by atoms with Gasteiger partial charge in [-0.15, -0.1) is 0 Å². The third-order valence-electron chi connectivity index (χ3n) is 4.68. The molecule has 4 rings (SSSR count). The molecule has 4 aromatic rings. The van der Waals surface area contributed by atoms with Crippen LogP contribution in [0.15, 0.2) is 73.1 Å². The summed E-state index contributed by atoms with van der Waals surface area (Å²) in [6.45, 7) is 0.988. The standard InChI is InChI=1S/C23H17FN4O/c24-20-11-18(8-9-19(20)12-25)23(29)26-13-16-4-3-5-17(10-16)14-28-15-27-21-6-1-2-7-22(21)28/h1-11,15H,13-14H2,(H,26,29). The number of carbonyl (C=O) groups excluding carboxylic acids is 1. The van der Waals surface area contributed by atoms with Crippen LogP contribution in [0.5, 0.6) is 0 Å². The van der Waals surface area contributed by atoms with Crippen LogP contribution in [0.1, 0.15) is 27.0 Å². The van der Waals surface area contributed by atoms with Gasteiger partial charge in [0.1, 0.15) is 11.9 Å². The molecule has 0 unspecified atom stereocenters. The fraction of sp³-hybridized carbons (Fsp3) is 0.0870. The summed E-state index contributed by atoms with van der Waals surface area (Å²) in [5.41, 5.74) is 4.14. The van der Waals surface area contributed by atoms with Gasteiger partial charge in [0.25, 0.3) is 5.91 Å². The monoisotopic (exact) mass is 384 g/mol. The number of nitrogens with one attached hydrogen (secondary N) is 1. The Bertz CT molecular complexity index is 1240. The predicted molar refractivity (Wildman–Crippen MR) is 108 cm³/mol. The van der Waals surface area contributed by atoms with Crippen molar-refractivity contribution in [1.82, 2.24) is 14.9 Å². The highest BCUT2D eigenvalue weighted by Crippen LogP contribution is 2.15. The lowest BCUT2D eigenvalue weighted by molar-refractivity contribution is 0.0950. The van der Waals surface area contributed by atoms with Crippen LogP contribution >= 0.6 is 0 Å². The van der Waals surface area contributed by atoms with Crippen LogP contribution in [-0.4, -0.2) is 15.5 Å². The highest BCUT2D eigenvalue weighted by molar-refractivity contribution is 5.94. The van der Waals surface area contributed by atoms with Crippen LogP contribution in [0.3, 0.4) is 0 Å². The predicted octanol–water partition coefficient (Wildman–Crippen LogP) is 4.03. The van der Waals surface area contributed by atoms with E-state index in [2.05, 4.69) is 14.9 Å². The van der Waals surface area contributed by atoms with Crippen molar-refractivity contribution < 1.29 is 9.18 Å². The van der Waals surface area contributed by atoms with Crippen LogP contribution < -0.4 is 5.32 Å². The van der Waals surface area contributed by atoms with Crippen LogP contribution in [0.2, 0.25) is 0 Å². The van der Waals surface area contributed by atoms with E-state index < -0.39 is 5.82 Å². The van der Waals surface area contributed by atoms with Gasteiger partial charge in [0, 0.05) is 18.7 Å². The molecule has 0 aliphatic heterocycles. The van der Waals surface area contributed by atoms with Crippen LogP contribution in [0.4, 0.5) is 4.39 Å². The summed E-state index contributed by atoms with van der Waals surface area (Å²) in [4.78, 5) is 16.7. The first-order valence-electron chi connectivity index (χ1n) is 9.09. The van der Waals surface area contributed by atoms with Crippen molar-refractivity contribution in [3.63, 3.8) is 0 Å². The van der Waals surface area contributed by atoms with E-state index in [1.54, 1.807) is 6.07 Å². The molecule has 0 radical (unpaired) electrons. The molecule has 1 amide bonds. The number of benzene rings is 3. The van der Waals surface area contributed by atoms with E-state index >= 15 is 0 Å². The quantitative estimate of drug-likeness (QED) is 0.565. The molecule has 0 fully saturated rings. The topological polar surface area (TPSA) is 70.7 Å². The summed E-state index contributed by atoms with van der Waals surface area (Å²) >= 11 is 0. The second-order valence-corrected chi connectivity index (χ2v) is 6.67. The van der Waals surface area contributed by atoms with Crippen LogP contribution in [-0.2, 0) is 13.1 Å². The number of rotatable bonds is 5. The Hall–Kier alpha value is -3.98. The minimum atomic E-state index is -0.699. The lowest BCUT2D eigenvalue weighted by atomic mass is 10.1. The average molecular weight is 384 g/mol. The SMILES string of the molecule is N#Cc1ccc(C(=O)NCc2cccc(Cn3cnc4ccccc43)c2)cc1F. The number of hydrogen-bond acceptors (Lipinski definition) is 3. The van der Waals surface area contributed by atoms with Gasteiger partial charge in [-0.3, -0.25) is 4.79 Å². The lowest BCUT2D eigenvalue weighted by Crippen LogP contribution is -2.23. The Balaban J connectivity index is 1.44. The van der Waals surface area contributed by atoms with Crippen molar-refractivity contribution in [3.05, 3.63) is 101 Å². The molecule has 1 N–H and O–H groups in total. The van der Waals surface area contributed by atoms with E-state index in [1.807, 2.05) is 54.9 Å². The van der Waals surface area contributed by atoms with Crippen molar-refractivity contribution in [3.8, 4) is 6.07 Å². The number of carbonyl (C=O) groups is 1. The number of aromatic nitrogens is 2. The zero-order valence-electron chi connectivity index (χ0n) is 15.5. The maximum absolute atomic E-state index is 13.7. The second-order valence-electron chi connectivity index (χ2n) is 6.67. The van der Waals surface area contributed by atoms with E-state index in [0.717, 1.165) is 28.2 Å². The number of fused-ring (bicyclic) bond motifs is 1. The number of nitrogens with zero attached hydrogens (tertiary/aromatic N) is 3.